The highest BCUT2D eigenvalue weighted by Crippen LogP contribution is 2.51. The van der Waals surface area contributed by atoms with Crippen molar-refractivity contribution in [1.29, 1.82) is 0 Å². The van der Waals surface area contributed by atoms with Crippen molar-refractivity contribution >= 4 is 5.91 Å². The van der Waals surface area contributed by atoms with Gasteiger partial charge < -0.3 is 14.7 Å². The van der Waals surface area contributed by atoms with Crippen molar-refractivity contribution in [3.05, 3.63) is 35.4 Å². The van der Waals surface area contributed by atoms with Crippen LogP contribution in [0.15, 0.2) is 24.3 Å². The van der Waals surface area contributed by atoms with E-state index < -0.39 is 0 Å². The molecule has 1 N–H and O–H groups in total. The Morgan fingerprint density at radius 3 is 2.79 bits per heavy atom. The molecule has 1 amide bonds. The fraction of sp³-hybridized carbons (Fsp3) is 0.650. The number of hydrogen-bond acceptors (Lipinski definition) is 3. The van der Waals surface area contributed by atoms with Crippen LogP contribution in [0.5, 0.6) is 0 Å². The van der Waals surface area contributed by atoms with Crippen molar-refractivity contribution in [3.63, 3.8) is 0 Å². The summed E-state index contributed by atoms with van der Waals surface area (Å²) in [7, 11) is 0. The van der Waals surface area contributed by atoms with E-state index in [-0.39, 0.29) is 29.4 Å². The van der Waals surface area contributed by atoms with Crippen molar-refractivity contribution in [2.24, 2.45) is 5.92 Å². The predicted molar refractivity (Wildman–Crippen MR) is 91.8 cm³/mol. The first-order valence-electron chi connectivity index (χ1n) is 9.26. The molecule has 3 aliphatic rings. The molecule has 3 fully saturated rings. The van der Waals surface area contributed by atoms with Crippen LogP contribution < -0.4 is 0 Å². The molecule has 4 rings (SSSR count). The molecule has 2 aliphatic heterocycles. The van der Waals surface area contributed by atoms with Gasteiger partial charge in [0.25, 0.3) is 0 Å². The highest BCUT2D eigenvalue weighted by molar-refractivity contribution is 5.92. The third kappa shape index (κ3) is 2.56. The lowest BCUT2D eigenvalue weighted by Crippen LogP contribution is -2.50. The smallest absolute Gasteiger partial charge is 0.233 e. The molecule has 1 aromatic rings. The Bertz CT molecular complexity index is 625. The Morgan fingerprint density at radius 2 is 2.08 bits per heavy atom. The number of carbonyl (C=O) groups excluding carboxylic acids is 1. The van der Waals surface area contributed by atoms with Gasteiger partial charge in [0.05, 0.1) is 18.1 Å². The topological polar surface area (TPSA) is 49.8 Å². The molecule has 1 aliphatic carbocycles. The van der Waals surface area contributed by atoms with Crippen LogP contribution in [0.1, 0.15) is 43.2 Å². The average molecular weight is 329 g/mol. The minimum Gasteiger partial charge on any atom is -0.393 e. The summed E-state index contributed by atoms with van der Waals surface area (Å²) in [5.41, 5.74) is 2.09. The van der Waals surface area contributed by atoms with Gasteiger partial charge in [0, 0.05) is 25.1 Å². The number of carbonyl (C=O) groups is 1. The summed E-state index contributed by atoms with van der Waals surface area (Å²) in [6.07, 6.45) is 4.26. The van der Waals surface area contributed by atoms with E-state index in [1.54, 1.807) is 0 Å². The van der Waals surface area contributed by atoms with E-state index in [1.807, 2.05) is 12.1 Å². The average Bonchev–Trinajstić information content (AvgIpc) is 3.25. The minimum atomic E-state index is -0.342. The van der Waals surface area contributed by atoms with E-state index >= 15 is 0 Å². The van der Waals surface area contributed by atoms with Crippen LogP contribution in [0.3, 0.4) is 0 Å². The van der Waals surface area contributed by atoms with Crippen LogP contribution in [0, 0.1) is 12.8 Å². The highest BCUT2D eigenvalue weighted by atomic mass is 16.5. The van der Waals surface area contributed by atoms with E-state index in [9.17, 15) is 9.90 Å². The van der Waals surface area contributed by atoms with Crippen molar-refractivity contribution in [3.8, 4) is 0 Å². The van der Waals surface area contributed by atoms with Crippen LogP contribution in [0.25, 0.3) is 0 Å². The zero-order chi connectivity index (χ0) is 16.7. The monoisotopic (exact) mass is 329 g/mol. The molecular weight excluding hydrogens is 302 g/mol. The van der Waals surface area contributed by atoms with Gasteiger partial charge in [0.15, 0.2) is 0 Å². The number of rotatable bonds is 3. The molecule has 24 heavy (non-hydrogen) atoms. The summed E-state index contributed by atoms with van der Waals surface area (Å²) in [5.74, 6) is 0.343. The van der Waals surface area contributed by atoms with Gasteiger partial charge in [-0.3, -0.25) is 4.79 Å². The Morgan fingerprint density at radius 1 is 1.29 bits per heavy atom. The summed E-state index contributed by atoms with van der Waals surface area (Å²) in [5, 5.41) is 10.4. The maximum atomic E-state index is 13.4. The van der Waals surface area contributed by atoms with Gasteiger partial charge >= 0.3 is 0 Å². The summed E-state index contributed by atoms with van der Waals surface area (Å²) >= 11 is 0. The number of nitrogens with zero attached hydrogens (tertiary/aromatic N) is 1. The molecule has 0 bridgehead atoms. The predicted octanol–water partition coefficient (Wildman–Crippen LogP) is 2.42. The van der Waals surface area contributed by atoms with Crippen LogP contribution in [-0.4, -0.2) is 47.8 Å². The van der Waals surface area contributed by atoms with Crippen LogP contribution in [0.2, 0.25) is 0 Å². The van der Waals surface area contributed by atoms with E-state index in [0.29, 0.717) is 19.6 Å². The fourth-order valence-electron chi connectivity index (χ4n) is 4.71. The molecule has 3 atom stereocenters. The number of aryl methyl sites for hydroxylation is 1. The number of ether oxygens (including phenoxy) is 1. The SMILES string of the molecule is Cc1ccccc1C1(C(=O)N2CCC[C@@H]2[C@H]2COCC[C@H]2O)CC1. The van der Waals surface area contributed by atoms with E-state index in [2.05, 4.69) is 24.0 Å². The van der Waals surface area contributed by atoms with Gasteiger partial charge in [0.1, 0.15) is 0 Å². The van der Waals surface area contributed by atoms with Gasteiger partial charge in [-0.25, -0.2) is 0 Å². The summed E-state index contributed by atoms with van der Waals surface area (Å²) < 4.78 is 5.60. The number of aliphatic hydroxyl groups is 1. The molecular formula is C20H27NO3. The maximum Gasteiger partial charge on any atom is 0.233 e. The van der Waals surface area contributed by atoms with E-state index in [1.165, 1.54) is 11.1 Å². The second-order valence-corrected chi connectivity index (χ2v) is 7.70. The molecule has 0 spiro atoms. The number of likely N-dealkylation sites (tertiary alicyclic amines) is 1. The molecule has 4 nitrogen and oxygen atoms in total. The number of hydrogen-bond donors (Lipinski definition) is 1. The molecule has 0 radical (unpaired) electrons. The van der Waals surface area contributed by atoms with Gasteiger partial charge in [-0.15, -0.1) is 0 Å². The third-order valence-electron chi connectivity index (χ3n) is 6.24. The molecule has 2 saturated heterocycles. The first-order valence-corrected chi connectivity index (χ1v) is 9.26. The zero-order valence-electron chi connectivity index (χ0n) is 14.4. The third-order valence-corrected chi connectivity index (χ3v) is 6.24. The van der Waals surface area contributed by atoms with Crippen LogP contribution in [0.4, 0.5) is 0 Å². The number of aliphatic hydroxyl groups excluding tert-OH is 1. The van der Waals surface area contributed by atoms with Gasteiger partial charge in [0.2, 0.25) is 5.91 Å². The molecule has 1 aromatic carbocycles. The quantitative estimate of drug-likeness (QED) is 0.926. The lowest BCUT2D eigenvalue weighted by Gasteiger charge is -2.38. The number of benzene rings is 1. The second-order valence-electron chi connectivity index (χ2n) is 7.70. The van der Waals surface area contributed by atoms with Gasteiger partial charge in [-0.05, 0) is 50.2 Å². The Hall–Kier alpha value is -1.39. The highest BCUT2D eigenvalue weighted by Gasteiger charge is 2.55. The molecule has 130 valence electrons. The summed E-state index contributed by atoms with van der Waals surface area (Å²) in [4.78, 5) is 15.5. The van der Waals surface area contributed by atoms with Crippen molar-refractivity contribution in [2.75, 3.05) is 19.8 Å². The fourth-order valence-corrected chi connectivity index (χ4v) is 4.71. The van der Waals surface area contributed by atoms with Gasteiger partial charge in [-0.1, -0.05) is 24.3 Å². The molecule has 1 saturated carbocycles. The van der Waals surface area contributed by atoms with Crippen LogP contribution >= 0.6 is 0 Å². The molecule has 4 heteroatoms. The standard InChI is InChI=1S/C20H27NO3/c1-14-5-2-3-6-16(14)20(9-10-20)19(23)21-11-4-7-17(21)15-13-24-12-8-18(15)22/h2-3,5-6,15,17-18,22H,4,7-13H2,1H3/t15-,17-,18-/m1/s1. The van der Waals surface area contributed by atoms with E-state index in [0.717, 1.165) is 32.2 Å². The Kier molecular flexibility index (Phi) is 4.13. The molecule has 2 heterocycles. The first-order chi connectivity index (χ1) is 11.6. The summed E-state index contributed by atoms with van der Waals surface area (Å²) in [6.45, 7) is 4.13. The van der Waals surface area contributed by atoms with E-state index in [4.69, 9.17) is 4.74 Å². The second kappa shape index (κ2) is 6.16. The summed E-state index contributed by atoms with van der Waals surface area (Å²) in [6, 6.07) is 8.42. The normalized spacial score (nSPS) is 31.9. The van der Waals surface area contributed by atoms with Crippen molar-refractivity contribution in [1.82, 2.24) is 4.90 Å². The van der Waals surface area contributed by atoms with Crippen molar-refractivity contribution in [2.45, 2.75) is 56.6 Å². The van der Waals surface area contributed by atoms with Crippen LogP contribution in [-0.2, 0) is 14.9 Å². The van der Waals surface area contributed by atoms with Crippen molar-refractivity contribution < 1.29 is 14.6 Å². The lowest BCUT2D eigenvalue weighted by atomic mass is 9.87. The lowest BCUT2D eigenvalue weighted by molar-refractivity contribution is -0.139. The first kappa shape index (κ1) is 16.1. The number of amides is 1. The molecule has 0 unspecified atom stereocenters. The Labute approximate surface area is 143 Å². The molecule has 0 aromatic heterocycles. The maximum absolute atomic E-state index is 13.4. The Balaban J connectivity index is 1.58. The zero-order valence-corrected chi connectivity index (χ0v) is 14.4. The van der Waals surface area contributed by atoms with Gasteiger partial charge in [-0.2, -0.15) is 0 Å². The largest absolute Gasteiger partial charge is 0.393 e. The minimum absolute atomic E-state index is 0.0675.